The average molecular weight is 362 g/mol. The summed E-state index contributed by atoms with van der Waals surface area (Å²) in [5, 5.41) is 0.838. The number of benzene rings is 2. The minimum Gasteiger partial charge on any atom is -0.422 e. The number of aromatic nitrogens is 1. The number of esters is 1. The fourth-order valence-electron chi connectivity index (χ4n) is 3.63. The summed E-state index contributed by atoms with van der Waals surface area (Å²) >= 11 is 0. The van der Waals surface area contributed by atoms with Crippen LogP contribution in [0.1, 0.15) is 40.0 Å². The van der Waals surface area contributed by atoms with Crippen molar-refractivity contribution in [2.24, 2.45) is 7.05 Å². The van der Waals surface area contributed by atoms with Crippen LogP contribution in [0, 0.1) is 0 Å². The normalized spacial score (nSPS) is 14.3. The standard InChI is InChI=1S/C22H22N2O3/c1-23-15-12-16-17(9-7-10-19(16)23)22(26)27-20-11-4-3-8-18(20)21(25)24-13-5-2-6-14-24/h3-4,7-12,15H,2,5-6,13-14H2,1H3. The van der Waals surface area contributed by atoms with E-state index in [4.69, 9.17) is 4.74 Å². The van der Waals surface area contributed by atoms with Gasteiger partial charge in [-0.05, 0) is 49.6 Å². The summed E-state index contributed by atoms with van der Waals surface area (Å²) in [6.45, 7) is 1.51. The Bertz CT molecular complexity index is 1000. The zero-order valence-electron chi connectivity index (χ0n) is 15.4. The molecule has 1 aliphatic rings. The van der Waals surface area contributed by atoms with Crippen LogP contribution in [-0.2, 0) is 7.05 Å². The molecule has 2 heterocycles. The molecule has 27 heavy (non-hydrogen) atoms. The first-order chi connectivity index (χ1) is 13.1. The van der Waals surface area contributed by atoms with Crippen molar-refractivity contribution >= 4 is 22.8 Å². The first kappa shape index (κ1) is 17.3. The van der Waals surface area contributed by atoms with Gasteiger partial charge >= 0.3 is 5.97 Å². The number of carbonyl (C=O) groups excluding carboxylic acids is 2. The van der Waals surface area contributed by atoms with E-state index in [1.54, 1.807) is 30.3 Å². The first-order valence-corrected chi connectivity index (χ1v) is 9.29. The Labute approximate surface area is 158 Å². The lowest BCUT2D eigenvalue weighted by Gasteiger charge is -2.27. The van der Waals surface area contributed by atoms with Crippen LogP contribution in [0.5, 0.6) is 5.75 Å². The lowest BCUT2D eigenvalue weighted by Crippen LogP contribution is -2.35. The van der Waals surface area contributed by atoms with Gasteiger partial charge in [-0.1, -0.05) is 18.2 Å². The molecule has 0 atom stereocenters. The fourth-order valence-corrected chi connectivity index (χ4v) is 3.63. The van der Waals surface area contributed by atoms with E-state index in [0.29, 0.717) is 16.9 Å². The second-order valence-electron chi connectivity index (χ2n) is 6.90. The summed E-state index contributed by atoms with van der Waals surface area (Å²) in [6, 6.07) is 14.4. The van der Waals surface area contributed by atoms with Gasteiger partial charge < -0.3 is 14.2 Å². The number of rotatable bonds is 3. The minimum atomic E-state index is -0.453. The molecule has 3 aromatic rings. The molecule has 0 aliphatic carbocycles. The smallest absolute Gasteiger partial charge is 0.344 e. The van der Waals surface area contributed by atoms with Crippen LogP contribution >= 0.6 is 0 Å². The molecule has 5 nitrogen and oxygen atoms in total. The monoisotopic (exact) mass is 362 g/mol. The molecule has 0 bridgehead atoms. The molecule has 1 fully saturated rings. The summed E-state index contributed by atoms with van der Waals surface area (Å²) in [7, 11) is 1.93. The number of likely N-dealkylation sites (tertiary alicyclic amines) is 1. The molecule has 0 spiro atoms. The van der Waals surface area contributed by atoms with Gasteiger partial charge in [-0.25, -0.2) is 4.79 Å². The number of amides is 1. The Morgan fingerprint density at radius 1 is 0.889 bits per heavy atom. The summed E-state index contributed by atoms with van der Waals surface area (Å²) in [5.41, 5.74) is 1.89. The second-order valence-corrected chi connectivity index (χ2v) is 6.90. The third-order valence-corrected chi connectivity index (χ3v) is 5.11. The molecular weight excluding hydrogens is 340 g/mol. The van der Waals surface area contributed by atoms with Crippen LogP contribution < -0.4 is 4.74 Å². The van der Waals surface area contributed by atoms with Crippen molar-refractivity contribution in [1.29, 1.82) is 0 Å². The van der Waals surface area contributed by atoms with Crippen molar-refractivity contribution in [2.45, 2.75) is 19.3 Å². The van der Waals surface area contributed by atoms with Crippen molar-refractivity contribution in [2.75, 3.05) is 13.1 Å². The van der Waals surface area contributed by atoms with Gasteiger partial charge in [0.15, 0.2) is 0 Å². The number of carbonyl (C=O) groups is 2. The molecule has 1 amide bonds. The van der Waals surface area contributed by atoms with Gasteiger partial charge in [0.25, 0.3) is 5.91 Å². The Kier molecular flexibility index (Phi) is 4.67. The van der Waals surface area contributed by atoms with Crippen LogP contribution in [0.4, 0.5) is 0 Å². The highest BCUT2D eigenvalue weighted by molar-refractivity contribution is 6.05. The van der Waals surface area contributed by atoms with Crippen LogP contribution in [0.3, 0.4) is 0 Å². The Hall–Kier alpha value is -3.08. The maximum absolute atomic E-state index is 12.9. The highest BCUT2D eigenvalue weighted by Crippen LogP contribution is 2.25. The molecule has 0 unspecified atom stereocenters. The third-order valence-electron chi connectivity index (χ3n) is 5.11. The van der Waals surface area contributed by atoms with Crippen molar-refractivity contribution < 1.29 is 14.3 Å². The highest BCUT2D eigenvalue weighted by Gasteiger charge is 2.23. The summed E-state index contributed by atoms with van der Waals surface area (Å²) in [5.74, 6) is -0.215. The van der Waals surface area contributed by atoms with Crippen LogP contribution in [0.15, 0.2) is 54.7 Å². The molecule has 1 saturated heterocycles. The van der Waals surface area contributed by atoms with Gasteiger partial charge in [-0.3, -0.25) is 4.79 Å². The largest absolute Gasteiger partial charge is 0.422 e. The molecule has 1 aromatic heterocycles. The van der Waals surface area contributed by atoms with E-state index in [1.165, 1.54) is 0 Å². The Morgan fingerprint density at radius 2 is 1.63 bits per heavy atom. The zero-order chi connectivity index (χ0) is 18.8. The maximum atomic E-state index is 12.9. The molecule has 0 radical (unpaired) electrons. The quantitative estimate of drug-likeness (QED) is 0.522. The fraction of sp³-hybridized carbons (Fsp3) is 0.273. The Balaban J connectivity index is 1.62. The molecule has 2 aromatic carbocycles. The first-order valence-electron chi connectivity index (χ1n) is 9.29. The van der Waals surface area contributed by atoms with E-state index in [1.807, 2.05) is 40.9 Å². The van der Waals surface area contributed by atoms with Gasteiger partial charge in [0.1, 0.15) is 5.75 Å². The van der Waals surface area contributed by atoms with Crippen molar-refractivity contribution in [3.8, 4) is 5.75 Å². The van der Waals surface area contributed by atoms with E-state index in [9.17, 15) is 9.59 Å². The van der Waals surface area contributed by atoms with E-state index in [-0.39, 0.29) is 5.91 Å². The lowest BCUT2D eigenvalue weighted by molar-refractivity contribution is 0.0701. The summed E-state index contributed by atoms with van der Waals surface area (Å²) in [4.78, 5) is 27.6. The third kappa shape index (κ3) is 3.33. The number of hydrogen-bond donors (Lipinski definition) is 0. The number of para-hydroxylation sites is 1. The number of piperidine rings is 1. The summed E-state index contributed by atoms with van der Waals surface area (Å²) < 4.78 is 7.62. The van der Waals surface area contributed by atoms with E-state index < -0.39 is 5.97 Å². The minimum absolute atomic E-state index is 0.0731. The number of fused-ring (bicyclic) bond motifs is 1. The lowest BCUT2D eigenvalue weighted by atomic mass is 10.1. The van der Waals surface area contributed by atoms with Gasteiger partial charge in [-0.2, -0.15) is 0 Å². The molecule has 1 aliphatic heterocycles. The summed E-state index contributed by atoms with van der Waals surface area (Å²) in [6.07, 6.45) is 5.10. The van der Waals surface area contributed by atoms with Gasteiger partial charge in [0.2, 0.25) is 0 Å². The molecule has 138 valence electrons. The predicted molar refractivity (Wildman–Crippen MR) is 104 cm³/mol. The number of aryl methyl sites for hydroxylation is 1. The predicted octanol–water partition coefficient (Wildman–Crippen LogP) is 4.02. The van der Waals surface area contributed by atoms with Crippen molar-refractivity contribution in [1.82, 2.24) is 9.47 Å². The Morgan fingerprint density at radius 3 is 2.44 bits per heavy atom. The molecule has 0 N–H and O–H groups in total. The second kappa shape index (κ2) is 7.27. The van der Waals surface area contributed by atoms with Gasteiger partial charge in [0, 0.05) is 37.2 Å². The molecule has 5 heteroatoms. The zero-order valence-corrected chi connectivity index (χ0v) is 15.4. The molecular formula is C22H22N2O3. The van der Waals surface area contributed by atoms with Crippen molar-refractivity contribution in [3.63, 3.8) is 0 Å². The average Bonchev–Trinajstić information content (AvgIpc) is 3.09. The molecule has 0 saturated carbocycles. The van der Waals surface area contributed by atoms with Crippen molar-refractivity contribution in [3.05, 3.63) is 65.9 Å². The van der Waals surface area contributed by atoms with E-state index in [0.717, 1.165) is 43.3 Å². The van der Waals surface area contributed by atoms with Crippen LogP contribution in [0.25, 0.3) is 10.9 Å². The SMILES string of the molecule is Cn1ccc2c(C(=O)Oc3ccccc3C(=O)N3CCCCC3)cccc21. The highest BCUT2D eigenvalue weighted by atomic mass is 16.5. The maximum Gasteiger partial charge on any atom is 0.344 e. The number of hydrogen-bond acceptors (Lipinski definition) is 3. The molecule has 4 rings (SSSR count). The van der Waals surface area contributed by atoms with Gasteiger partial charge in [-0.15, -0.1) is 0 Å². The number of nitrogens with zero attached hydrogens (tertiary/aromatic N) is 2. The number of ether oxygens (including phenoxy) is 1. The van der Waals surface area contributed by atoms with Gasteiger partial charge in [0.05, 0.1) is 11.1 Å². The van der Waals surface area contributed by atoms with E-state index in [2.05, 4.69) is 0 Å². The topological polar surface area (TPSA) is 51.5 Å². The van der Waals surface area contributed by atoms with E-state index >= 15 is 0 Å². The van der Waals surface area contributed by atoms with Crippen LogP contribution in [-0.4, -0.2) is 34.4 Å². The van der Waals surface area contributed by atoms with Crippen LogP contribution in [0.2, 0.25) is 0 Å².